The lowest BCUT2D eigenvalue weighted by molar-refractivity contribution is -0.147. The van der Waals surface area contributed by atoms with Gasteiger partial charge in [0.15, 0.2) is 0 Å². The van der Waals surface area contributed by atoms with Crippen LogP contribution in [0.2, 0.25) is 0 Å². The second kappa shape index (κ2) is 7.26. The van der Waals surface area contributed by atoms with Gasteiger partial charge in [0.25, 0.3) is 0 Å². The van der Waals surface area contributed by atoms with E-state index in [-0.39, 0.29) is 12.0 Å². The lowest BCUT2D eigenvalue weighted by Crippen LogP contribution is -2.47. The summed E-state index contributed by atoms with van der Waals surface area (Å²) in [4.78, 5) is 14.3. The number of nitrogens with one attached hydrogen (secondary N) is 1. The Morgan fingerprint density at radius 3 is 2.80 bits per heavy atom. The van der Waals surface area contributed by atoms with Gasteiger partial charge >= 0.3 is 5.97 Å². The van der Waals surface area contributed by atoms with Gasteiger partial charge in [0, 0.05) is 26.2 Å². The molecule has 1 unspecified atom stereocenters. The maximum absolute atomic E-state index is 12.2. The van der Waals surface area contributed by atoms with Crippen LogP contribution in [-0.4, -0.2) is 50.8 Å². The van der Waals surface area contributed by atoms with Gasteiger partial charge in [-0.1, -0.05) is 12.1 Å². The van der Waals surface area contributed by atoms with E-state index in [4.69, 9.17) is 9.47 Å². The monoisotopic (exact) mass is 278 g/mol. The molecule has 1 heterocycles. The van der Waals surface area contributed by atoms with Crippen LogP contribution in [0, 0.1) is 0 Å². The molecule has 1 aliphatic heterocycles. The molecule has 0 bridgehead atoms. The Morgan fingerprint density at radius 2 is 2.15 bits per heavy atom. The fourth-order valence-electron chi connectivity index (χ4n) is 2.49. The summed E-state index contributed by atoms with van der Waals surface area (Å²) in [6.45, 7) is 6.00. The first-order valence-electron chi connectivity index (χ1n) is 7.01. The fourth-order valence-corrected chi connectivity index (χ4v) is 2.49. The van der Waals surface area contributed by atoms with Crippen LogP contribution >= 0.6 is 0 Å². The Balaban J connectivity index is 2.25. The van der Waals surface area contributed by atoms with Gasteiger partial charge in [0.05, 0.1) is 13.7 Å². The minimum atomic E-state index is -0.359. The van der Waals surface area contributed by atoms with Crippen molar-refractivity contribution in [3.8, 4) is 5.75 Å². The van der Waals surface area contributed by atoms with Gasteiger partial charge in [-0.15, -0.1) is 0 Å². The number of rotatable bonds is 5. The fraction of sp³-hybridized carbons (Fsp3) is 0.533. The summed E-state index contributed by atoms with van der Waals surface area (Å²) >= 11 is 0. The minimum absolute atomic E-state index is 0.222. The molecular weight excluding hydrogens is 256 g/mol. The SMILES string of the molecule is CCOc1cccc(C(C(=O)OC)N2CCNCC2)c1. The van der Waals surface area contributed by atoms with Crippen molar-refractivity contribution in [2.45, 2.75) is 13.0 Å². The third kappa shape index (κ3) is 3.49. The molecule has 0 aliphatic carbocycles. The molecule has 1 atom stereocenters. The van der Waals surface area contributed by atoms with Crippen LogP contribution in [-0.2, 0) is 9.53 Å². The largest absolute Gasteiger partial charge is 0.494 e. The average Bonchev–Trinajstić information content (AvgIpc) is 2.49. The number of benzene rings is 1. The summed E-state index contributed by atoms with van der Waals surface area (Å²) in [5.41, 5.74) is 0.921. The number of carbonyl (C=O) groups is 1. The Kier molecular flexibility index (Phi) is 5.38. The third-order valence-corrected chi connectivity index (χ3v) is 3.43. The van der Waals surface area contributed by atoms with Crippen molar-refractivity contribution in [3.05, 3.63) is 29.8 Å². The summed E-state index contributed by atoms with van der Waals surface area (Å²) in [6.07, 6.45) is 0. The lowest BCUT2D eigenvalue weighted by Gasteiger charge is -2.33. The van der Waals surface area contributed by atoms with Crippen LogP contribution in [0.5, 0.6) is 5.75 Å². The van der Waals surface area contributed by atoms with E-state index >= 15 is 0 Å². The zero-order valence-electron chi connectivity index (χ0n) is 12.1. The lowest BCUT2D eigenvalue weighted by atomic mass is 10.0. The number of nitrogens with zero attached hydrogens (tertiary/aromatic N) is 1. The normalized spacial score (nSPS) is 17.5. The highest BCUT2D eigenvalue weighted by atomic mass is 16.5. The zero-order valence-corrected chi connectivity index (χ0v) is 12.1. The van der Waals surface area contributed by atoms with Crippen molar-refractivity contribution in [2.24, 2.45) is 0 Å². The smallest absolute Gasteiger partial charge is 0.327 e. The highest BCUT2D eigenvalue weighted by molar-refractivity contribution is 5.77. The van der Waals surface area contributed by atoms with Crippen LogP contribution in [0.25, 0.3) is 0 Å². The Bertz CT molecular complexity index is 444. The average molecular weight is 278 g/mol. The highest BCUT2D eigenvalue weighted by Crippen LogP contribution is 2.26. The standard InChI is InChI=1S/C15H22N2O3/c1-3-20-13-6-4-5-12(11-13)14(15(18)19-2)17-9-7-16-8-10-17/h4-6,11,14,16H,3,7-10H2,1-2H3. The van der Waals surface area contributed by atoms with Gasteiger partial charge in [0.1, 0.15) is 11.8 Å². The number of carbonyl (C=O) groups excluding carboxylic acids is 1. The Labute approximate surface area is 119 Å². The molecule has 1 fully saturated rings. The number of ether oxygens (including phenoxy) is 2. The summed E-state index contributed by atoms with van der Waals surface area (Å²) in [7, 11) is 1.43. The number of methoxy groups -OCH3 is 1. The van der Waals surface area contributed by atoms with Crippen LogP contribution in [0.3, 0.4) is 0 Å². The molecule has 1 aliphatic rings. The molecule has 0 spiro atoms. The first kappa shape index (κ1) is 14.8. The molecular formula is C15H22N2O3. The van der Waals surface area contributed by atoms with E-state index in [0.29, 0.717) is 6.61 Å². The van der Waals surface area contributed by atoms with Gasteiger partial charge in [-0.05, 0) is 24.6 Å². The molecule has 2 rings (SSSR count). The first-order chi connectivity index (χ1) is 9.76. The maximum atomic E-state index is 12.2. The molecule has 110 valence electrons. The number of hydrogen-bond acceptors (Lipinski definition) is 5. The van der Waals surface area contributed by atoms with Crippen LogP contribution in [0.4, 0.5) is 0 Å². The van der Waals surface area contributed by atoms with E-state index in [1.165, 1.54) is 7.11 Å². The van der Waals surface area contributed by atoms with E-state index in [2.05, 4.69) is 10.2 Å². The first-order valence-corrected chi connectivity index (χ1v) is 7.01. The minimum Gasteiger partial charge on any atom is -0.494 e. The molecule has 1 saturated heterocycles. The third-order valence-electron chi connectivity index (χ3n) is 3.43. The van der Waals surface area contributed by atoms with Crippen molar-refractivity contribution in [2.75, 3.05) is 39.9 Å². The molecule has 1 aromatic rings. The van der Waals surface area contributed by atoms with Crippen LogP contribution < -0.4 is 10.1 Å². The van der Waals surface area contributed by atoms with Gasteiger partial charge < -0.3 is 14.8 Å². The molecule has 1 N–H and O–H groups in total. The molecule has 0 aromatic heterocycles. The van der Waals surface area contributed by atoms with E-state index < -0.39 is 0 Å². The second-order valence-electron chi connectivity index (χ2n) is 4.72. The molecule has 20 heavy (non-hydrogen) atoms. The van der Waals surface area contributed by atoms with Crippen LogP contribution in [0.15, 0.2) is 24.3 Å². The summed E-state index contributed by atoms with van der Waals surface area (Å²) in [5.74, 6) is 0.564. The van der Waals surface area contributed by atoms with Crippen LogP contribution in [0.1, 0.15) is 18.5 Å². The number of piperazine rings is 1. The number of esters is 1. The van der Waals surface area contributed by atoms with Gasteiger partial charge in [-0.25, -0.2) is 4.79 Å². The van der Waals surface area contributed by atoms with Gasteiger partial charge in [-0.2, -0.15) is 0 Å². The number of hydrogen-bond donors (Lipinski definition) is 1. The molecule has 5 heteroatoms. The van der Waals surface area contributed by atoms with Gasteiger partial charge in [-0.3, -0.25) is 4.90 Å². The van der Waals surface area contributed by atoms with Crippen molar-refractivity contribution < 1.29 is 14.3 Å². The summed E-state index contributed by atoms with van der Waals surface area (Å²) in [6, 6.07) is 7.33. The molecule has 0 radical (unpaired) electrons. The molecule has 0 amide bonds. The maximum Gasteiger partial charge on any atom is 0.327 e. The van der Waals surface area contributed by atoms with Crippen molar-refractivity contribution in [3.63, 3.8) is 0 Å². The summed E-state index contributed by atoms with van der Waals surface area (Å²) < 4.78 is 10.5. The predicted molar refractivity (Wildman–Crippen MR) is 76.8 cm³/mol. The molecule has 0 saturated carbocycles. The molecule has 1 aromatic carbocycles. The van der Waals surface area contributed by atoms with Gasteiger partial charge in [0.2, 0.25) is 0 Å². The zero-order chi connectivity index (χ0) is 14.4. The van der Waals surface area contributed by atoms with Crippen molar-refractivity contribution >= 4 is 5.97 Å². The van der Waals surface area contributed by atoms with Crippen molar-refractivity contribution in [1.82, 2.24) is 10.2 Å². The van der Waals surface area contributed by atoms with E-state index in [0.717, 1.165) is 37.5 Å². The van der Waals surface area contributed by atoms with E-state index in [9.17, 15) is 4.79 Å². The summed E-state index contributed by atoms with van der Waals surface area (Å²) in [5, 5.41) is 3.29. The Morgan fingerprint density at radius 1 is 1.40 bits per heavy atom. The Hall–Kier alpha value is -1.59. The van der Waals surface area contributed by atoms with Crippen molar-refractivity contribution in [1.29, 1.82) is 0 Å². The highest BCUT2D eigenvalue weighted by Gasteiger charge is 2.29. The quantitative estimate of drug-likeness (QED) is 0.820. The second-order valence-corrected chi connectivity index (χ2v) is 4.72. The predicted octanol–water partition coefficient (Wildman–Crippen LogP) is 1.20. The topological polar surface area (TPSA) is 50.8 Å². The van der Waals surface area contributed by atoms with E-state index in [1.807, 2.05) is 31.2 Å². The van der Waals surface area contributed by atoms with E-state index in [1.54, 1.807) is 0 Å². The molecule has 5 nitrogen and oxygen atoms in total.